The van der Waals surface area contributed by atoms with Crippen LogP contribution >= 0.6 is 0 Å². The highest BCUT2D eigenvalue weighted by Crippen LogP contribution is 2.29. The molecule has 0 radical (unpaired) electrons. The summed E-state index contributed by atoms with van der Waals surface area (Å²) in [7, 11) is 0. The number of rotatable bonds is 6. The van der Waals surface area contributed by atoms with Gasteiger partial charge in [0.1, 0.15) is 0 Å². The highest BCUT2D eigenvalue weighted by molar-refractivity contribution is 5.77. The summed E-state index contributed by atoms with van der Waals surface area (Å²) in [5.74, 6) is 1.34. The van der Waals surface area contributed by atoms with E-state index in [1.165, 1.54) is 12.8 Å². The molecule has 2 unspecified atom stereocenters. The molecule has 4 heteroatoms. The molecule has 1 aliphatic heterocycles. The molecule has 1 amide bonds. The lowest BCUT2D eigenvalue weighted by Gasteiger charge is -2.30. The van der Waals surface area contributed by atoms with Crippen molar-refractivity contribution >= 4 is 5.91 Å². The molecule has 0 aromatic heterocycles. The Morgan fingerprint density at radius 3 is 2.84 bits per heavy atom. The van der Waals surface area contributed by atoms with Gasteiger partial charge >= 0.3 is 0 Å². The summed E-state index contributed by atoms with van der Waals surface area (Å²) in [5.41, 5.74) is 0. The number of hydrogen-bond donors (Lipinski definition) is 1. The Balaban J connectivity index is 1.81. The Morgan fingerprint density at radius 1 is 1.47 bits per heavy atom. The molecule has 2 aliphatic rings. The van der Waals surface area contributed by atoms with E-state index in [2.05, 4.69) is 18.3 Å². The van der Waals surface area contributed by atoms with E-state index in [0.717, 1.165) is 25.9 Å². The molecule has 0 aromatic carbocycles. The molecule has 2 rings (SSSR count). The van der Waals surface area contributed by atoms with Gasteiger partial charge in [0.25, 0.3) is 0 Å². The average Bonchev–Trinajstić information content (AvgIpc) is 3.25. The molecular formula is C15H25N3O. The van der Waals surface area contributed by atoms with Crippen molar-refractivity contribution in [1.29, 1.82) is 5.26 Å². The predicted molar refractivity (Wildman–Crippen MR) is 74.3 cm³/mol. The number of hydrogen-bond acceptors (Lipinski definition) is 3. The molecule has 106 valence electrons. The van der Waals surface area contributed by atoms with E-state index in [9.17, 15) is 4.79 Å². The van der Waals surface area contributed by atoms with E-state index < -0.39 is 0 Å². The first-order valence-corrected chi connectivity index (χ1v) is 7.59. The lowest BCUT2D eigenvalue weighted by molar-refractivity contribution is -0.133. The maximum Gasteiger partial charge on any atom is 0.223 e. The fraction of sp³-hybridized carbons (Fsp3) is 0.867. The minimum atomic E-state index is 0.260. The predicted octanol–water partition coefficient (Wildman–Crippen LogP) is 1.92. The largest absolute Gasteiger partial charge is 0.339 e. The summed E-state index contributed by atoms with van der Waals surface area (Å²) in [4.78, 5) is 14.3. The first-order valence-electron chi connectivity index (χ1n) is 7.59. The summed E-state index contributed by atoms with van der Waals surface area (Å²) in [6.07, 6.45) is 5.82. The Hall–Kier alpha value is -1.08. The van der Waals surface area contributed by atoms with Gasteiger partial charge in [-0.1, -0.05) is 6.92 Å². The smallest absolute Gasteiger partial charge is 0.223 e. The van der Waals surface area contributed by atoms with Gasteiger partial charge in [-0.25, -0.2) is 0 Å². The highest BCUT2D eigenvalue weighted by atomic mass is 16.2. The Bertz CT molecular complexity index is 340. The van der Waals surface area contributed by atoms with Gasteiger partial charge in [0.15, 0.2) is 0 Å². The van der Waals surface area contributed by atoms with Gasteiger partial charge in [-0.05, 0) is 50.6 Å². The van der Waals surface area contributed by atoms with E-state index in [4.69, 9.17) is 5.26 Å². The van der Waals surface area contributed by atoms with Gasteiger partial charge in [-0.2, -0.15) is 5.26 Å². The van der Waals surface area contributed by atoms with Gasteiger partial charge in [-0.3, -0.25) is 4.79 Å². The lowest BCUT2D eigenvalue weighted by Crippen LogP contribution is -2.38. The van der Waals surface area contributed by atoms with Gasteiger partial charge in [0, 0.05) is 19.0 Å². The third kappa shape index (κ3) is 4.21. The quantitative estimate of drug-likeness (QED) is 0.796. The van der Waals surface area contributed by atoms with Crippen LogP contribution in [0.5, 0.6) is 0 Å². The standard InChI is InChI=1S/C15H25N3O/c1-12(13-4-2-8-17-11-13)10-15(19)18(9-3-7-16)14-5-6-14/h12-14,17H,2-6,8-11H2,1H3. The van der Waals surface area contributed by atoms with Crippen molar-refractivity contribution in [2.75, 3.05) is 19.6 Å². The number of nitriles is 1. The van der Waals surface area contributed by atoms with Gasteiger partial charge in [0.2, 0.25) is 5.91 Å². The SMILES string of the molecule is CC(CC(=O)N(CCC#N)C1CC1)C1CCCNC1. The molecular weight excluding hydrogens is 238 g/mol. The van der Waals surface area contributed by atoms with E-state index >= 15 is 0 Å². The van der Waals surface area contributed by atoms with Crippen LogP contribution in [0.1, 0.15) is 45.4 Å². The molecule has 1 heterocycles. The zero-order valence-corrected chi connectivity index (χ0v) is 11.9. The number of carbonyl (C=O) groups is 1. The number of nitrogens with one attached hydrogen (secondary N) is 1. The zero-order chi connectivity index (χ0) is 13.7. The van der Waals surface area contributed by atoms with Crippen molar-refractivity contribution < 1.29 is 4.79 Å². The summed E-state index contributed by atoms with van der Waals surface area (Å²) < 4.78 is 0. The monoisotopic (exact) mass is 263 g/mol. The first kappa shape index (κ1) is 14.3. The molecule has 4 nitrogen and oxygen atoms in total. The van der Waals surface area contributed by atoms with Crippen molar-refractivity contribution in [3.8, 4) is 6.07 Å². The second kappa shape index (κ2) is 6.91. The van der Waals surface area contributed by atoms with E-state index in [0.29, 0.717) is 37.3 Å². The fourth-order valence-electron chi connectivity index (χ4n) is 2.99. The van der Waals surface area contributed by atoms with Crippen LogP contribution in [0.2, 0.25) is 0 Å². The van der Waals surface area contributed by atoms with E-state index in [-0.39, 0.29) is 5.91 Å². The molecule has 0 spiro atoms. The molecule has 0 bridgehead atoms. The van der Waals surface area contributed by atoms with Crippen LogP contribution in [0, 0.1) is 23.2 Å². The van der Waals surface area contributed by atoms with Crippen LogP contribution in [0.15, 0.2) is 0 Å². The molecule has 1 saturated carbocycles. The number of nitrogens with zero attached hydrogens (tertiary/aromatic N) is 2. The Kier molecular flexibility index (Phi) is 5.21. The van der Waals surface area contributed by atoms with Crippen LogP contribution in [-0.4, -0.2) is 36.5 Å². The second-order valence-electron chi connectivity index (χ2n) is 6.01. The minimum Gasteiger partial charge on any atom is -0.339 e. The van der Waals surface area contributed by atoms with Crippen LogP contribution in [0.25, 0.3) is 0 Å². The second-order valence-corrected chi connectivity index (χ2v) is 6.01. The summed E-state index contributed by atoms with van der Waals surface area (Å²) in [6.45, 7) is 4.99. The van der Waals surface area contributed by atoms with E-state index in [1.807, 2.05) is 4.90 Å². The minimum absolute atomic E-state index is 0.260. The molecule has 0 aromatic rings. The summed E-state index contributed by atoms with van der Waals surface area (Å²) in [5, 5.41) is 12.1. The molecule has 1 saturated heterocycles. The van der Waals surface area contributed by atoms with Crippen molar-refractivity contribution in [3.63, 3.8) is 0 Å². The molecule has 19 heavy (non-hydrogen) atoms. The van der Waals surface area contributed by atoms with Crippen molar-refractivity contribution in [1.82, 2.24) is 10.2 Å². The number of piperidine rings is 1. The maximum atomic E-state index is 12.4. The highest BCUT2D eigenvalue weighted by Gasteiger charge is 2.33. The van der Waals surface area contributed by atoms with Crippen molar-refractivity contribution in [2.24, 2.45) is 11.8 Å². The Labute approximate surface area is 116 Å². The first-order chi connectivity index (χ1) is 9.22. The van der Waals surface area contributed by atoms with Crippen molar-refractivity contribution in [2.45, 2.75) is 51.5 Å². The third-order valence-corrected chi connectivity index (χ3v) is 4.41. The normalized spacial score (nSPS) is 24.5. The van der Waals surface area contributed by atoms with Crippen LogP contribution in [0.4, 0.5) is 0 Å². The maximum absolute atomic E-state index is 12.4. The average molecular weight is 263 g/mol. The molecule has 1 aliphatic carbocycles. The van der Waals surface area contributed by atoms with Gasteiger partial charge in [-0.15, -0.1) is 0 Å². The van der Waals surface area contributed by atoms with Crippen LogP contribution < -0.4 is 5.32 Å². The van der Waals surface area contributed by atoms with E-state index in [1.54, 1.807) is 0 Å². The molecule has 2 atom stereocenters. The van der Waals surface area contributed by atoms with Crippen LogP contribution in [0.3, 0.4) is 0 Å². The summed E-state index contributed by atoms with van der Waals surface area (Å²) >= 11 is 0. The zero-order valence-electron chi connectivity index (χ0n) is 11.9. The fourth-order valence-corrected chi connectivity index (χ4v) is 2.99. The Morgan fingerprint density at radius 2 is 2.26 bits per heavy atom. The van der Waals surface area contributed by atoms with Gasteiger partial charge < -0.3 is 10.2 Å². The number of carbonyl (C=O) groups excluding carboxylic acids is 1. The third-order valence-electron chi connectivity index (χ3n) is 4.41. The van der Waals surface area contributed by atoms with Gasteiger partial charge in [0.05, 0.1) is 12.5 Å². The summed E-state index contributed by atoms with van der Waals surface area (Å²) in [6, 6.07) is 2.58. The molecule has 1 N–H and O–H groups in total. The lowest BCUT2D eigenvalue weighted by atomic mass is 9.85. The number of amides is 1. The topological polar surface area (TPSA) is 56.1 Å². The van der Waals surface area contributed by atoms with Crippen molar-refractivity contribution in [3.05, 3.63) is 0 Å². The van der Waals surface area contributed by atoms with Crippen LogP contribution in [-0.2, 0) is 4.79 Å². The molecule has 2 fully saturated rings.